The van der Waals surface area contributed by atoms with Crippen LogP contribution in [0.1, 0.15) is 36.8 Å². The Labute approximate surface area is 133 Å². The molecule has 0 radical (unpaired) electrons. The van der Waals surface area contributed by atoms with Crippen molar-refractivity contribution in [2.45, 2.75) is 56.5 Å². The van der Waals surface area contributed by atoms with Crippen LogP contribution in [0.15, 0.2) is 24.3 Å². The van der Waals surface area contributed by atoms with Gasteiger partial charge in [0.15, 0.2) is 0 Å². The van der Waals surface area contributed by atoms with Crippen LogP contribution in [-0.2, 0) is 16.6 Å². The minimum absolute atomic E-state index is 0.0719. The number of hydrogen-bond acceptors (Lipinski definition) is 3. The number of likely N-dealkylation sites (tertiary alicyclic amines) is 1. The molecule has 1 aliphatic carbocycles. The van der Waals surface area contributed by atoms with E-state index < -0.39 is 10.0 Å². The van der Waals surface area contributed by atoms with Gasteiger partial charge >= 0.3 is 0 Å². The first-order chi connectivity index (χ1) is 10.6. The number of hydrogen-bond donors (Lipinski definition) is 0. The summed E-state index contributed by atoms with van der Waals surface area (Å²) in [7, 11) is -3.01. The smallest absolute Gasteiger partial charge is 0.217 e. The largest absolute Gasteiger partial charge is 0.294 e. The predicted octanol–water partition coefficient (Wildman–Crippen LogP) is 2.14. The number of nitrogens with zero attached hydrogens (tertiary/aromatic N) is 2. The van der Waals surface area contributed by atoms with E-state index in [9.17, 15) is 8.42 Å². The van der Waals surface area contributed by atoms with Gasteiger partial charge in [-0.1, -0.05) is 29.8 Å². The quantitative estimate of drug-likeness (QED) is 0.853. The average Bonchev–Trinajstić information content (AvgIpc) is 3.16. The van der Waals surface area contributed by atoms with Gasteiger partial charge in [0.05, 0.1) is 5.25 Å². The lowest BCUT2D eigenvalue weighted by atomic mass is 10.1. The number of fused-ring (bicyclic) bond motifs is 1. The zero-order chi connectivity index (χ0) is 15.3. The van der Waals surface area contributed by atoms with E-state index in [1.165, 1.54) is 11.1 Å². The summed E-state index contributed by atoms with van der Waals surface area (Å²) in [5.41, 5.74) is 2.61. The molecule has 1 saturated carbocycles. The van der Waals surface area contributed by atoms with Crippen molar-refractivity contribution >= 4 is 10.0 Å². The van der Waals surface area contributed by atoms with Crippen molar-refractivity contribution < 1.29 is 8.42 Å². The van der Waals surface area contributed by atoms with E-state index >= 15 is 0 Å². The van der Waals surface area contributed by atoms with Crippen LogP contribution in [0.3, 0.4) is 0 Å². The Morgan fingerprint density at radius 3 is 2.36 bits per heavy atom. The Kier molecular flexibility index (Phi) is 3.55. The summed E-state index contributed by atoms with van der Waals surface area (Å²) >= 11 is 0. The molecule has 2 heterocycles. The van der Waals surface area contributed by atoms with E-state index in [0.29, 0.717) is 6.04 Å². The maximum Gasteiger partial charge on any atom is 0.217 e. The zero-order valence-electron chi connectivity index (χ0n) is 13.1. The van der Waals surface area contributed by atoms with Gasteiger partial charge in [-0.05, 0) is 38.2 Å². The van der Waals surface area contributed by atoms with Crippen LogP contribution in [0, 0.1) is 6.92 Å². The van der Waals surface area contributed by atoms with E-state index in [0.717, 1.165) is 45.3 Å². The fourth-order valence-corrected chi connectivity index (χ4v) is 6.13. The van der Waals surface area contributed by atoms with Crippen LogP contribution < -0.4 is 0 Å². The Morgan fingerprint density at radius 1 is 1.00 bits per heavy atom. The molecule has 22 heavy (non-hydrogen) atoms. The Morgan fingerprint density at radius 2 is 1.68 bits per heavy atom. The molecule has 1 aromatic carbocycles. The van der Waals surface area contributed by atoms with Crippen molar-refractivity contribution in [1.82, 2.24) is 9.21 Å². The number of sulfonamides is 1. The number of rotatable bonds is 4. The summed E-state index contributed by atoms with van der Waals surface area (Å²) < 4.78 is 26.9. The molecule has 0 bridgehead atoms. The number of benzene rings is 1. The van der Waals surface area contributed by atoms with Gasteiger partial charge in [0, 0.05) is 31.7 Å². The Bertz CT molecular complexity index is 652. The second-order valence-corrected chi connectivity index (χ2v) is 9.19. The SMILES string of the molecule is Cc1ccc(CN2CC[C@H]3[C@H]2CCN3S(=O)(=O)C2CC2)cc1. The summed E-state index contributed by atoms with van der Waals surface area (Å²) in [6, 6.07) is 9.32. The third-order valence-electron chi connectivity index (χ3n) is 5.42. The van der Waals surface area contributed by atoms with Gasteiger partial charge in [0.1, 0.15) is 0 Å². The normalized spacial score (nSPS) is 29.9. The fraction of sp³-hybridized carbons (Fsp3) is 0.647. The van der Waals surface area contributed by atoms with Crippen LogP contribution >= 0.6 is 0 Å². The van der Waals surface area contributed by atoms with E-state index in [2.05, 4.69) is 36.1 Å². The molecule has 2 aliphatic heterocycles. The molecule has 0 spiro atoms. The van der Waals surface area contributed by atoms with Crippen LogP contribution in [0.2, 0.25) is 0 Å². The lowest BCUT2D eigenvalue weighted by molar-refractivity contribution is 0.240. The van der Waals surface area contributed by atoms with Crippen molar-refractivity contribution in [3.8, 4) is 0 Å². The molecule has 2 saturated heterocycles. The molecule has 0 unspecified atom stereocenters. The van der Waals surface area contributed by atoms with E-state index in [1.54, 1.807) is 0 Å². The highest BCUT2D eigenvalue weighted by Crippen LogP contribution is 2.39. The monoisotopic (exact) mass is 320 g/mol. The van der Waals surface area contributed by atoms with Gasteiger partial charge in [-0.25, -0.2) is 8.42 Å². The molecule has 2 atom stereocenters. The summed E-state index contributed by atoms with van der Waals surface area (Å²) in [5.74, 6) is 0. The molecule has 4 nitrogen and oxygen atoms in total. The van der Waals surface area contributed by atoms with Gasteiger partial charge in [0.2, 0.25) is 10.0 Å². The molecular weight excluding hydrogens is 296 g/mol. The summed E-state index contributed by atoms with van der Waals surface area (Å²) in [5, 5.41) is -0.0719. The van der Waals surface area contributed by atoms with E-state index in [1.807, 2.05) is 4.31 Å². The van der Waals surface area contributed by atoms with Crippen molar-refractivity contribution in [3.63, 3.8) is 0 Å². The lowest BCUT2D eigenvalue weighted by Gasteiger charge is -2.25. The summed E-state index contributed by atoms with van der Waals surface area (Å²) in [6.07, 6.45) is 3.71. The highest BCUT2D eigenvalue weighted by molar-refractivity contribution is 7.90. The van der Waals surface area contributed by atoms with Crippen molar-refractivity contribution in [3.05, 3.63) is 35.4 Å². The van der Waals surface area contributed by atoms with Crippen molar-refractivity contribution in [2.75, 3.05) is 13.1 Å². The van der Waals surface area contributed by atoms with Gasteiger partial charge < -0.3 is 0 Å². The van der Waals surface area contributed by atoms with Gasteiger partial charge in [-0.3, -0.25) is 4.90 Å². The predicted molar refractivity (Wildman–Crippen MR) is 87.0 cm³/mol. The van der Waals surface area contributed by atoms with Crippen LogP contribution in [0.5, 0.6) is 0 Å². The molecule has 3 aliphatic rings. The highest BCUT2D eigenvalue weighted by Gasteiger charge is 2.50. The minimum Gasteiger partial charge on any atom is -0.294 e. The maximum atomic E-state index is 12.5. The second kappa shape index (κ2) is 5.32. The molecule has 120 valence electrons. The Hall–Kier alpha value is -0.910. The first-order valence-electron chi connectivity index (χ1n) is 8.36. The summed E-state index contributed by atoms with van der Waals surface area (Å²) in [6.45, 7) is 4.78. The molecular formula is C17H24N2O2S. The fourth-order valence-electron chi connectivity index (χ4n) is 4.03. The first kappa shape index (κ1) is 14.7. The van der Waals surface area contributed by atoms with Crippen LogP contribution in [-0.4, -0.2) is 48.0 Å². The highest BCUT2D eigenvalue weighted by atomic mass is 32.2. The third kappa shape index (κ3) is 2.49. The van der Waals surface area contributed by atoms with E-state index in [-0.39, 0.29) is 11.3 Å². The molecule has 1 aromatic rings. The van der Waals surface area contributed by atoms with Crippen molar-refractivity contribution in [1.29, 1.82) is 0 Å². The first-order valence-corrected chi connectivity index (χ1v) is 9.86. The molecule has 3 fully saturated rings. The average molecular weight is 320 g/mol. The summed E-state index contributed by atoms with van der Waals surface area (Å²) in [4.78, 5) is 2.48. The second-order valence-electron chi connectivity index (χ2n) is 7.02. The maximum absolute atomic E-state index is 12.5. The van der Waals surface area contributed by atoms with Gasteiger partial charge in [-0.2, -0.15) is 4.31 Å². The molecule has 4 rings (SSSR count). The number of aryl methyl sites for hydroxylation is 1. The van der Waals surface area contributed by atoms with Crippen LogP contribution in [0.4, 0.5) is 0 Å². The van der Waals surface area contributed by atoms with Crippen LogP contribution in [0.25, 0.3) is 0 Å². The zero-order valence-corrected chi connectivity index (χ0v) is 13.9. The van der Waals surface area contributed by atoms with Gasteiger partial charge in [-0.15, -0.1) is 0 Å². The standard InChI is InChI=1S/C17H24N2O2S/c1-13-2-4-14(5-3-13)12-18-10-8-17-16(18)9-11-19(17)22(20,21)15-6-7-15/h2-5,15-17H,6-12H2,1H3/t16-,17+/m1/s1. The lowest BCUT2D eigenvalue weighted by Crippen LogP contribution is -2.41. The third-order valence-corrected chi connectivity index (χ3v) is 7.84. The van der Waals surface area contributed by atoms with E-state index in [4.69, 9.17) is 0 Å². The van der Waals surface area contributed by atoms with Gasteiger partial charge in [0.25, 0.3) is 0 Å². The molecule has 0 N–H and O–H groups in total. The molecule has 5 heteroatoms. The molecule has 0 amide bonds. The minimum atomic E-state index is -3.01. The topological polar surface area (TPSA) is 40.6 Å². The Balaban J connectivity index is 1.47. The molecule has 0 aromatic heterocycles. The van der Waals surface area contributed by atoms with Crippen molar-refractivity contribution in [2.24, 2.45) is 0 Å².